The average Bonchev–Trinajstić information content (AvgIpc) is 3.47. The number of halogens is 1. The number of ketones is 1. The lowest BCUT2D eigenvalue weighted by Crippen LogP contribution is -2.29. The van der Waals surface area contributed by atoms with Crippen molar-refractivity contribution >= 4 is 17.4 Å². The van der Waals surface area contributed by atoms with E-state index < -0.39 is 29.3 Å². The number of rotatable bonds is 9. The van der Waals surface area contributed by atoms with E-state index in [4.69, 9.17) is 13.9 Å². The Hall–Kier alpha value is -4.07. The number of furan rings is 1. The second kappa shape index (κ2) is 10.9. The molecule has 1 aromatic heterocycles. The van der Waals surface area contributed by atoms with Crippen LogP contribution in [0.2, 0.25) is 0 Å². The number of carbonyl (C=O) groups excluding carboxylic acids is 2. The van der Waals surface area contributed by atoms with E-state index in [0.717, 1.165) is 12.5 Å². The molecule has 1 atom stereocenters. The Kier molecular flexibility index (Phi) is 7.66. The van der Waals surface area contributed by atoms with Gasteiger partial charge in [-0.25, -0.2) is 4.39 Å². The normalized spacial score (nSPS) is 17.0. The van der Waals surface area contributed by atoms with Crippen molar-refractivity contribution in [3.63, 3.8) is 0 Å². The Labute approximate surface area is 215 Å². The number of nitrogens with zero attached hydrogens (tertiary/aromatic N) is 1. The molecule has 0 saturated carbocycles. The third-order valence-electron chi connectivity index (χ3n) is 6.35. The first-order valence-electron chi connectivity index (χ1n) is 12.1. The predicted octanol–water partition coefficient (Wildman–Crippen LogP) is 5.78. The third kappa shape index (κ3) is 5.38. The second-order valence-corrected chi connectivity index (χ2v) is 9.41. The van der Waals surface area contributed by atoms with E-state index in [0.29, 0.717) is 40.9 Å². The number of aliphatic hydroxyl groups is 1. The van der Waals surface area contributed by atoms with Crippen molar-refractivity contribution in [2.24, 2.45) is 5.92 Å². The quantitative estimate of drug-likeness (QED) is 0.224. The Morgan fingerprint density at radius 3 is 2.57 bits per heavy atom. The standard InChI is InChI=1S/C29H30FNO6/c1-17(2)11-13-37-23-10-9-19(15-24(23)35-4)26-25(27(32)20-8-7-18(3)22(30)14-20)28(33)29(34)31(26)16-21-6-5-12-36-21/h5-10,12,14-15,17,26,32H,11,13,16H2,1-4H3/t26-/m1/s1. The monoisotopic (exact) mass is 507 g/mol. The maximum Gasteiger partial charge on any atom is 0.296 e. The van der Waals surface area contributed by atoms with Gasteiger partial charge < -0.3 is 23.9 Å². The van der Waals surface area contributed by atoms with Gasteiger partial charge in [-0.05, 0) is 60.7 Å². The molecular formula is C29H30FNO6. The third-order valence-corrected chi connectivity index (χ3v) is 6.35. The zero-order valence-corrected chi connectivity index (χ0v) is 21.3. The fraction of sp³-hybridized carbons (Fsp3) is 0.310. The largest absolute Gasteiger partial charge is 0.507 e. The van der Waals surface area contributed by atoms with Crippen LogP contribution in [-0.2, 0) is 16.1 Å². The molecule has 1 amide bonds. The van der Waals surface area contributed by atoms with Crippen LogP contribution < -0.4 is 9.47 Å². The van der Waals surface area contributed by atoms with E-state index >= 15 is 0 Å². The fourth-order valence-corrected chi connectivity index (χ4v) is 4.23. The molecule has 1 saturated heterocycles. The van der Waals surface area contributed by atoms with Crippen molar-refractivity contribution in [2.75, 3.05) is 13.7 Å². The predicted molar refractivity (Wildman–Crippen MR) is 136 cm³/mol. The molecule has 1 aliphatic heterocycles. The van der Waals surface area contributed by atoms with Gasteiger partial charge >= 0.3 is 0 Å². The summed E-state index contributed by atoms with van der Waals surface area (Å²) in [5.41, 5.74) is 0.872. The van der Waals surface area contributed by atoms with Gasteiger partial charge in [0.1, 0.15) is 17.3 Å². The van der Waals surface area contributed by atoms with Crippen LogP contribution in [0, 0.1) is 18.7 Å². The van der Waals surface area contributed by atoms with Gasteiger partial charge in [0.2, 0.25) is 0 Å². The summed E-state index contributed by atoms with van der Waals surface area (Å²) in [5, 5.41) is 11.2. The average molecular weight is 508 g/mol. The molecule has 1 N–H and O–H groups in total. The van der Waals surface area contributed by atoms with Crippen LogP contribution >= 0.6 is 0 Å². The van der Waals surface area contributed by atoms with Crippen molar-refractivity contribution in [2.45, 2.75) is 39.8 Å². The van der Waals surface area contributed by atoms with Crippen LogP contribution in [-0.4, -0.2) is 35.4 Å². The number of aryl methyl sites for hydroxylation is 1. The maximum atomic E-state index is 14.3. The molecule has 37 heavy (non-hydrogen) atoms. The minimum atomic E-state index is -0.965. The van der Waals surface area contributed by atoms with Gasteiger partial charge in [0.15, 0.2) is 11.5 Å². The number of ether oxygens (including phenoxy) is 2. The Balaban J connectivity index is 1.81. The Morgan fingerprint density at radius 1 is 1.14 bits per heavy atom. The van der Waals surface area contributed by atoms with Crippen LogP contribution in [0.25, 0.3) is 5.76 Å². The lowest BCUT2D eigenvalue weighted by atomic mass is 9.94. The first-order valence-corrected chi connectivity index (χ1v) is 12.1. The van der Waals surface area contributed by atoms with Gasteiger partial charge in [0, 0.05) is 5.56 Å². The van der Waals surface area contributed by atoms with Crippen LogP contribution in [0.1, 0.15) is 48.8 Å². The molecule has 1 fully saturated rings. The van der Waals surface area contributed by atoms with E-state index in [-0.39, 0.29) is 17.7 Å². The molecule has 0 radical (unpaired) electrons. The van der Waals surface area contributed by atoms with Crippen molar-refractivity contribution in [3.05, 3.63) is 88.6 Å². The second-order valence-electron chi connectivity index (χ2n) is 9.41. The molecule has 0 spiro atoms. The van der Waals surface area contributed by atoms with Crippen LogP contribution in [0.3, 0.4) is 0 Å². The van der Waals surface area contributed by atoms with Gasteiger partial charge in [-0.3, -0.25) is 9.59 Å². The molecule has 7 nitrogen and oxygen atoms in total. The fourth-order valence-electron chi connectivity index (χ4n) is 4.23. The summed E-state index contributed by atoms with van der Waals surface area (Å²) in [4.78, 5) is 27.7. The highest BCUT2D eigenvalue weighted by molar-refractivity contribution is 6.46. The molecule has 2 heterocycles. The highest BCUT2D eigenvalue weighted by atomic mass is 19.1. The summed E-state index contributed by atoms with van der Waals surface area (Å²) in [6, 6.07) is 11.7. The first kappa shape index (κ1) is 26.0. The van der Waals surface area contributed by atoms with Crippen molar-refractivity contribution in [1.82, 2.24) is 4.90 Å². The molecule has 0 unspecified atom stereocenters. The number of Topliss-reactive ketones (excluding diaryl/α,β-unsaturated/α-hetero) is 1. The Morgan fingerprint density at radius 2 is 1.92 bits per heavy atom. The number of aliphatic hydroxyl groups excluding tert-OH is 1. The zero-order chi connectivity index (χ0) is 26.7. The number of benzene rings is 2. The lowest BCUT2D eigenvalue weighted by Gasteiger charge is -2.25. The molecule has 3 aromatic rings. The molecule has 8 heteroatoms. The molecule has 1 aliphatic rings. The van der Waals surface area contributed by atoms with Crippen LogP contribution in [0.15, 0.2) is 64.8 Å². The maximum absolute atomic E-state index is 14.3. The topological polar surface area (TPSA) is 89.2 Å². The summed E-state index contributed by atoms with van der Waals surface area (Å²) in [6.07, 6.45) is 2.34. The number of hydrogen-bond donors (Lipinski definition) is 1. The van der Waals surface area contributed by atoms with Gasteiger partial charge in [0.05, 0.1) is 38.1 Å². The summed E-state index contributed by atoms with van der Waals surface area (Å²) in [7, 11) is 1.50. The summed E-state index contributed by atoms with van der Waals surface area (Å²) in [5.74, 6) is -0.776. The number of carbonyl (C=O) groups is 2. The van der Waals surface area contributed by atoms with Crippen LogP contribution in [0.5, 0.6) is 11.5 Å². The van der Waals surface area contributed by atoms with E-state index in [1.54, 1.807) is 37.3 Å². The van der Waals surface area contributed by atoms with E-state index in [1.165, 1.54) is 30.4 Å². The minimum absolute atomic E-state index is 0.00374. The summed E-state index contributed by atoms with van der Waals surface area (Å²) < 4.78 is 31.2. The minimum Gasteiger partial charge on any atom is -0.507 e. The van der Waals surface area contributed by atoms with E-state index in [2.05, 4.69) is 13.8 Å². The van der Waals surface area contributed by atoms with Gasteiger partial charge in [-0.15, -0.1) is 0 Å². The van der Waals surface area contributed by atoms with Crippen molar-refractivity contribution in [3.8, 4) is 11.5 Å². The first-order chi connectivity index (χ1) is 17.7. The van der Waals surface area contributed by atoms with Crippen molar-refractivity contribution in [1.29, 1.82) is 0 Å². The molecule has 0 aliphatic carbocycles. The van der Waals surface area contributed by atoms with Crippen molar-refractivity contribution < 1.29 is 33.0 Å². The summed E-state index contributed by atoms with van der Waals surface area (Å²) >= 11 is 0. The van der Waals surface area contributed by atoms with E-state index in [9.17, 15) is 19.1 Å². The highest BCUT2D eigenvalue weighted by Crippen LogP contribution is 2.43. The Bertz CT molecular complexity index is 1330. The summed E-state index contributed by atoms with van der Waals surface area (Å²) in [6.45, 7) is 6.30. The van der Waals surface area contributed by atoms with E-state index in [1.807, 2.05) is 0 Å². The zero-order valence-electron chi connectivity index (χ0n) is 21.3. The molecule has 194 valence electrons. The number of methoxy groups -OCH3 is 1. The molecule has 2 aromatic carbocycles. The molecule has 0 bridgehead atoms. The van der Waals surface area contributed by atoms with Crippen LogP contribution in [0.4, 0.5) is 4.39 Å². The highest BCUT2D eigenvalue weighted by Gasteiger charge is 2.46. The number of likely N-dealkylation sites (tertiary alicyclic amines) is 1. The molecule has 4 rings (SSSR count). The smallest absolute Gasteiger partial charge is 0.296 e. The van der Waals surface area contributed by atoms with Gasteiger partial charge in [0.25, 0.3) is 11.7 Å². The number of hydrogen-bond acceptors (Lipinski definition) is 6. The SMILES string of the molecule is COc1cc([C@@H]2C(=C(O)c3ccc(C)c(F)c3)C(=O)C(=O)N2Cc2ccco2)ccc1OCCC(C)C. The molecular weight excluding hydrogens is 477 g/mol. The lowest BCUT2D eigenvalue weighted by molar-refractivity contribution is -0.140. The number of amides is 1. The van der Waals surface area contributed by atoms with Gasteiger partial charge in [-0.1, -0.05) is 32.0 Å². The van der Waals surface area contributed by atoms with Gasteiger partial charge in [-0.2, -0.15) is 0 Å².